The maximum Gasteiger partial charge on any atom is 0.325 e. The number of nitriles is 1. The van der Waals surface area contributed by atoms with Crippen molar-refractivity contribution in [1.29, 1.82) is 5.26 Å². The van der Waals surface area contributed by atoms with Gasteiger partial charge in [0.25, 0.3) is 5.91 Å². The first kappa shape index (κ1) is 23.9. The second-order valence-corrected chi connectivity index (χ2v) is 9.87. The lowest BCUT2D eigenvalue weighted by Crippen LogP contribution is -2.44. The van der Waals surface area contributed by atoms with Crippen LogP contribution in [0.15, 0.2) is 24.3 Å². The number of anilines is 1. The summed E-state index contributed by atoms with van der Waals surface area (Å²) in [4.78, 5) is 41.2. The molecule has 9 heteroatoms. The van der Waals surface area contributed by atoms with Gasteiger partial charge in [-0.3, -0.25) is 14.5 Å². The summed E-state index contributed by atoms with van der Waals surface area (Å²) in [5.41, 5.74) is 0.637. The van der Waals surface area contributed by atoms with Gasteiger partial charge >= 0.3 is 6.03 Å². The van der Waals surface area contributed by atoms with Crippen LogP contribution in [-0.4, -0.2) is 29.3 Å². The van der Waals surface area contributed by atoms with Crippen molar-refractivity contribution in [2.45, 2.75) is 63.8 Å². The molecule has 1 aromatic carbocycles. The monoisotopic (exact) mass is 482 g/mol. The first-order valence-electron chi connectivity index (χ1n) is 11.6. The fraction of sp³-hybridized carbons (Fsp3) is 0.440. The summed E-state index contributed by atoms with van der Waals surface area (Å²) in [5, 5.41) is 15.7. The number of hydrogen-bond donors (Lipinski definition) is 2. The van der Waals surface area contributed by atoms with Gasteiger partial charge in [-0.1, -0.05) is 38.3 Å². The van der Waals surface area contributed by atoms with Crippen LogP contribution in [0.2, 0.25) is 0 Å². The largest absolute Gasteiger partial charge is 0.325 e. The summed E-state index contributed by atoms with van der Waals surface area (Å²) in [6.07, 6.45) is 6.68. The lowest BCUT2D eigenvalue weighted by atomic mass is 9.85. The van der Waals surface area contributed by atoms with Crippen LogP contribution in [-0.2, 0) is 28.0 Å². The van der Waals surface area contributed by atoms with Crippen molar-refractivity contribution in [3.8, 4) is 6.07 Å². The fourth-order valence-electron chi connectivity index (χ4n) is 4.71. The first-order chi connectivity index (χ1) is 16.4. The minimum Gasteiger partial charge on any atom is -0.319 e. The summed E-state index contributed by atoms with van der Waals surface area (Å²) < 4.78 is 13.5. The average Bonchev–Trinajstić information content (AvgIpc) is 3.14. The predicted molar refractivity (Wildman–Crippen MR) is 127 cm³/mol. The Morgan fingerprint density at radius 3 is 2.68 bits per heavy atom. The van der Waals surface area contributed by atoms with E-state index in [1.54, 1.807) is 0 Å². The smallest absolute Gasteiger partial charge is 0.319 e. The highest BCUT2D eigenvalue weighted by Crippen LogP contribution is 2.37. The molecule has 7 nitrogen and oxygen atoms in total. The van der Waals surface area contributed by atoms with E-state index in [1.807, 2.05) is 6.92 Å². The molecule has 2 N–H and O–H groups in total. The van der Waals surface area contributed by atoms with Crippen LogP contribution in [0, 0.1) is 17.1 Å². The number of amides is 4. The molecule has 4 rings (SSSR count). The molecule has 0 bridgehead atoms. The Morgan fingerprint density at radius 1 is 1.24 bits per heavy atom. The fourth-order valence-corrected chi connectivity index (χ4v) is 5.97. The van der Waals surface area contributed by atoms with Gasteiger partial charge in [0, 0.05) is 4.88 Å². The quantitative estimate of drug-likeness (QED) is 0.445. The molecule has 4 amide bonds. The maximum absolute atomic E-state index is 13.5. The second-order valence-electron chi connectivity index (χ2n) is 8.77. The summed E-state index contributed by atoms with van der Waals surface area (Å²) in [7, 11) is 0. The van der Waals surface area contributed by atoms with Crippen molar-refractivity contribution in [3.63, 3.8) is 0 Å². The van der Waals surface area contributed by atoms with Crippen LogP contribution >= 0.6 is 11.3 Å². The number of hydrogen-bond acceptors (Lipinski definition) is 5. The van der Waals surface area contributed by atoms with Crippen LogP contribution in [0.5, 0.6) is 0 Å². The number of aryl methyl sites for hydroxylation is 1. The molecule has 1 aliphatic carbocycles. The highest BCUT2D eigenvalue weighted by Gasteiger charge is 2.52. The normalized spacial score (nSPS) is 19.9. The first-order valence-corrected chi connectivity index (χ1v) is 12.5. The van der Waals surface area contributed by atoms with E-state index in [2.05, 4.69) is 16.7 Å². The molecule has 2 aromatic rings. The highest BCUT2D eigenvalue weighted by molar-refractivity contribution is 7.16. The number of fused-ring (bicyclic) bond motifs is 1. The van der Waals surface area contributed by atoms with Gasteiger partial charge in [0.05, 0.1) is 5.56 Å². The number of imide groups is 1. The summed E-state index contributed by atoms with van der Waals surface area (Å²) >= 11 is 1.40. The number of nitrogens with one attached hydrogen (secondary N) is 2. The van der Waals surface area contributed by atoms with Gasteiger partial charge in [0.2, 0.25) is 5.91 Å². The van der Waals surface area contributed by atoms with Crippen LogP contribution in [0.4, 0.5) is 14.2 Å². The zero-order valence-corrected chi connectivity index (χ0v) is 19.9. The van der Waals surface area contributed by atoms with Crippen molar-refractivity contribution < 1.29 is 18.8 Å². The molecular formula is C25H27FN4O3S. The van der Waals surface area contributed by atoms with Gasteiger partial charge in [-0.25, -0.2) is 9.18 Å². The van der Waals surface area contributed by atoms with E-state index in [0.29, 0.717) is 29.0 Å². The van der Waals surface area contributed by atoms with E-state index in [-0.39, 0.29) is 0 Å². The zero-order valence-electron chi connectivity index (χ0n) is 19.1. The molecule has 0 saturated carbocycles. The van der Waals surface area contributed by atoms with E-state index in [1.165, 1.54) is 35.6 Å². The highest BCUT2D eigenvalue weighted by atomic mass is 32.1. The minimum absolute atomic E-state index is 0.341. The number of benzene rings is 1. The Morgan fingerprint density at radius 2 is 1.97 bits per heavy atom. The van der Waals surface area contributed by atoms with Crippen molar-refractivity contribution in [2.24, 2.45) is 0 Å². The topological polar surface area (TPSA) is 102 Å². The van der Waals surface area contributed by atoms with Gasteiger partial charge in [0.15, 0.2) is 0 Å². The van der Waals surface area contributed by atoms with E-state index < -0.39 is 35.7 Å². The molecule has 0 radical (unpaired) electrons. The second kappa shape index (κ2) is 9.94. The number of rotatable bonds is 7. The third-order valence-corrected chi connectivity index (χ3v) is 7.71. The van der Waals surface area contributed by atoms with Crippen LogP contribution in [0.1, 0.15) is 67.0 Å². The van der Waals surface area contributed by atoms with E-state index in [9.17, 15) is 24.0 Å². The number of unbranched alkanes of at least 4 members (excludes halogenated alkanes) is 1. The number of carbonyl (C=O) groups excluding carboxylic acids is 3. The molecule has 1 unspecified atom stereocenters. The van der Waals surface area contributed by atoms with Gasteiger partial charge in [0.1, 0.15) is 29.0 Å². The van der Waals surface area contributed by atoms with Crippen molar-refractivity contribution >= 4 is 34.2 Å². The van der Waals surface area contributed by atoms with E-state index in [4.69, 9.17) is 0 Å². The van der Waals surface area contributed by atoms with Gasteiger partial charge in [-0.2, -0.15) is 5.26 Å². The number of thiophene rings is 1. The zero-order chi connectivity index (χ0) is 24.3. The molecular weight excluding hydrogens is 455 g/mol. The molecule has 0 spiro atoms. The Balaban J connectivity index is 1.54. The molecule has 1 aromatic heterocycles. The Labute approximate surface area is 201 Å². The molecule has 2 aliphatic rings. The standard InChI is InChI=1S/C25H27FN4O3S/c1-2-3-13-25(16-9-11-17(26)12-10-16)23(32)30(24(33)29-25)15-21(31)28-22-19(14-27)18-7-5-4-6-8-20(18)34-22/h9-12H,2-8,13,15H2,1H3,(H,28,31)(H,29,33). The maximum atomic E-state index is 13.5. The molecule has 1 aliphatic heterocycles. The molecule has 1 saturated heterocycles. The predicted octanol–water partition coefficient (Wildman–Crippen LogP) is 4.60. The summed E-state index contributed by atoms with van der Waals surface area (Å²) in [6.45, 7) is 1.51. The number of urea groups is 1. The lowest BCUT2D eigenvalue weighted by molar-refractivity contribution is -0.134. The van der Waals surface area contributed by atoms with Gasteiger partial charge in [-0.05, 0) is 55.4 Å². The SMILES string of the molecule is CCCCC1(c2ccc(F)cc2)NC(=O)N(CC(=O)Nc2sc3c(c2C#N)CCCCC3)C1=O. The van der Waals surface area contributed by atoms with Crippen LogP contribution < -0.4 is 10.6 Å². The van der Waals surface area contributed by atoms with E-state index >= 15 is 0 Å². The minimum atomic E-state index is -1.33. The molecule has 1 fully saturated rings. The Bertz CT molecular complexity index is 1150. The number of carbonyl (C=O) groups is 3. The third-order valence-electron chi connectivity index (χ3n) is 6.51. The van der Waals surface area contributed by atoms with Crippen molar-refractivity contribution in [1.82, 2.24) is 10.2 Å². The van der Waals surface area contributed by atoms with Gasteiger partial charge < -0.3 is 10.6 Å². The Hall–Kier alpha value is -3.25. The van der Waals surface area contributed by atoms with Crippen LogP contribution in [0.3, 0.4) is 0 Å². The Kier molecular flexibility index (Phi) is 6.98. The number of nitrogens with zero attached hydrogens (tertiary/aromatic N) is 2. The van der Waals surface area contributed by atoms with Crippen LogP contribution in [0.25, 0.3) is 0 Å². The number of halogens is 1. The lowest BCUT2D eigenvalue weighted by Gasteiger charge is -2.27. The van der Waals surface area contributed by atoms with Crippen molar-refractivity contribution in [3.05, 3.63) is 51.7 Å². The third kappa shape index (κ3) is 4.42. The summed E-state index contributed by atoms with van der Waals surface area (Å²) in [5.74, 6) is -1.51. The molecule has 2 heterocycles. The van der Waals surface area contributed by atoms with Gasteiger partial charge in [-0.15, -0.1) is 11.3 Å². The molecule has 178 valence electrons. The molecule has 34 heavy (non-hydrogen) atoms. The molecule has 1 atom stereocenters. The summed E-state index contributed by atoms with van der Waals surface area (Å²) in [6, 6.07) is 7.04. The van der Waals surface area contributed by atoms with Crippen molar-refractivity contribution in [2.75, 3.05) is 11.9 Å². The van der Waals surface area contributed by atoms with E-state index in [0.717, 1.165) is 53.9 Å². The average molecular weight is 483 g/mol.